The molecule has 2 rings (SSSR count). The number of nitrogens with one attached hydrogen (secondary N) is 1. The number of carbonyl (C=O) groups is 1. The van der Waals surface area contributed by atoms with Crippen LogP contribution in [0.2, 0.25) is 5.15 Å². The number of aromatic nitrogens is 1. The molecule has 1 aromatic carbocycles. The number of benzene rings is 1. The van der Waals surface area contributed by atoms with Crippen LogP contribution >= 0.6 is 43.5 Å². The molecule has 1 amide bonds. The van der Waals surface area contributed by atoms with Crippen LogP contribution in [0.4, 0.5) is 0 Å². The van der Waals surface area contributed by atoms with Gasteiger partial charge in [-0.1, -0.05) is 27.5 Å². The van der Waals surface area contributed by atoms with Gasteiger partial charge in [0.15, 0.2) is 5.75 Å². The van der Waals surface area contributed by atoms with Crippen molar-refractivity contribution in [3.63, 3.8) is 0 Å². The van der Waals surface area contributed by atoms with Crippen molar-refractivity contribution in [1.29, 1.82) is 0 Å². The van der Waals surface area contributed by atoms with Crippen LogP contribution in [0.1, 0.15) is 6.42 Å². The number of carbonyl (C=O) groups excluding carboxylic acids is 1. The summed E-state index contributed by atoms with van der Waals surface area (Å²) >= 11 is 12.8. The molecule has 20 heavy (non-hydrogen) atoms. The Morgan fingerprint density at radius 2 is 2.15 bits per heavy atom. The zero-order valence-electron chi connectivity index (χ0n) is 10.1. The monoisotopic (exact) mass is 421 g/mol. The van der Waals surface area contributed by atoms with Crippen molar-refractivity contribution in [3.05, 3.63) is 32.3 Å². The average Bonchev–Trinajstić information content (AvgIpc) is 2.41. The molecule has 3 N–H and O–H groups in total. The van der Waals surface area contributed by atoms with Gasteiger partial charge in [0.2, 0.25) is 5.91 Å². The van der Waals surface area contributed by atoms with Crippen molar-refractivity contribution < 1.29 is 9.53 Å². The second-order valence-electron chi connectivity index (χ2n) is 3.87. The summed E-state index contributed by atoms with van der Waals surface area (Å²) in [4.78, 5) is 15.4. The zero-order valence-corrected chi connectivity index (χ0v) is 14.0. The van der Waals surface area contributed by atoms with E-state index in [0.29, 0.717) is 16.4 Å². The molecule has 0 bridgehead atoms. The van der Waals surface area contributed by atoms with Crippen molar-refractivity contribution in [3.8, 4) is 5.75 Å². The van der Waals surface area contributed by atoms with Crippen molar-refractivity contribution in [2.45, 2.75) is 6.42 Å². The third-order valence-corrected chi connectivity index (χ3v) is 4.00. The van der Waals surface area contributed by atoms with Crippen LogP contribution in [0.3, 0.4) is 0 Å². The van der Waals surface area contributed by atoms with Crippen molar-refractivity contribution in [2.24, 2.45) is 5.84 Å². The van der Waals surface area contributed by atoms with Gasteiger partial charge in [0, 0.05) is 9.86 Å². The van der Waals surface area contributed by atoms with E-state index in [2.05, 4.69) is 36.8 Å². The van der Waals surface area contributed by atoms with Crippen LogP contribution in [-0.4, -0.2) is 17.5 Å². The highest BCUT2D eigenvalue weighted by Gasteiger charge is 2.13. The van der Waals surface area contributed by atoms with Gasteiger partial charge in [-0.3, -0.25) is 10.2 Å². The van der Waals surface area contributed by atoms with E-state index < -0.39 is 0 Å². The number of halogens is 3. The summed E-state index contributed by atoms with van der Waals surface area (Å²) in [5.74, 6) is 5.25. The largest absolute Gasteiger partial charge is 0.490 e. The number of hydrazine groups is 1. The maximum absolute atomic E-state index is 11.1. The molecule has 0 saturated carbocycles. The predicted molar refractivity (Wildman–Crippen MR) is 84.6 cm³/mol. The lowest BCUT2D eigenvalue weighted by atomic mass is 10.2. The minimum atomic E-state index is -0.298. The Kier molecular flexibility index (Phi) is 5.20. The summed E-state index contributed by atoms with van der Waals surface area (Å²) in [6.07, 6.45) is 0.154. The Morgan fingerprint density at radius 3 is 2.85 bits per heavy atom. The summed E-state index contributed by atoms with van der Waals surface area (Å²) in [5, 5.41) is 1.24. The minimum absolute atomic E-state index is 0.154. The molecule has 0 fully saturated rings. The van der Waals surface area contributed by atoms with E-state index in [4.69, 9.17) is 22.2 Å². The Balaban J connectivity index is 2.36. The summed E-state index contributed by atoms with van der Waals surface area (Å²) in [5.41, 5.74) is 2.66. The van der Waals surface area contributed by atoms with Crippen molar-refractivity contribution in [2.75, 3.05) is 6.61 Å². The van der Waals surface area contributed by atoms with Gasteiger partial charge >= 0.3 is 0 Å². The van der Waals surface area contributed by atoms with Gasteiger partial charge in [-0.05, 0) is 34.1 Å². The molecule has 0 spiro atoms. The first-order valence-corrected chi connectivity index (χ1v) is 7.56. The summed E-state index contributed by atoms with van der Waals surface area (Å²) in [7, 11) is 0. The quantitative estimate of drug-likeness (QED) is 0.343. The maximum atomic E-state index is 11.1. The number of amides is 1. The molecule has 0 aliphatic carbocycles. The number of hydrogen-bond donors (Lipinski definition) is 2. The molecule has 0 saturated heterocycles. The van der Waals surface area contributed by atoms with E-state index in [1.807, 2.05) is 17.6 Å². The van der Waals surface area contributed by atoms with E-state index >= 15 is 0 Å². The Labute approximate surface area is 137 Å². The van der Waals surface area contributed by atoms with Gasteiger partial charge in [-0.2, -0.15) is 0 Å². The smallest absolute Gasteiger partial charge is 0.237 e. The van der Waals surface area contributed by atoms with Crippen molar-refractivity contribution in [1.82, 2.24) is 10.4 Å². The molecular formula is C12H10Br2ClN3O2. The lowest BCUT2D eigenvalue weighted by molar-refractivity contribution is -0.121. The van der Waals surface area contributed by atoms with Crippen LogP contribution in [0.25, 0.3) is 10.9 Å². The van der Waals surface area contributed by atoms with E-state index in [1.165, 1.54) is 0 Å². The summed E-state index contributed by atoms with van der Waals surface area (Å²) in [6.45, 7) is 0.187. The van der Waals surface area contributed by atoms with E-state index in [9.17, 15) is 4.79 Å². The Bertz CT molecular complexity index is 667. The summed E-state index contributed by atoms with van der Waals surface area (Å²) in [6, 6.07) is 5.41. The minimum Gasteiger partial charge on any atom is -0.490 e. The predicted octanol–water partition coefficient (Wildman–Crippen LogP) is 3.17. The van der Waals surface area contributed by atoms with Gasteiger partial charge in [-0.25, -0.2) is 10.8 Å². The molecule has 0 radical (unpaired) electrons. The highest BCUT2D eigenvalue weighted by atomic mass is 79.9. The average molecular weight is 423 g/mol. The topological polar surface area (TPSA) is 77.2 Å². The molecule has 8 heteroatoms. The van der Waals surface area contributed by atoms with E-state index in [0.717, 1.165) is 14.3 Å². The Hall–Kier alpha value is -0.890. The van der Waals surface area contributed by atoms with Gasteiger partial charge in [0.25, 0.3) is 0 Å². The number of pyridine rings is 1. The van der Waals surface area contributed by atoms with Crippen LogP contribution in [-0.2, 0) is 4.79 Å². The second kappa shape index (κ2) is 6.71. The van der Waals surface area contributed by atoms with Crippen LogP contribution < -0.4 is 16.0 Å². The van der Waals surface area contributed by atoms with Gasteiger partial charge in [-0.15, -0.1) is 0 Å². The lowest BCUT2D eigenvalue weighted by Crippen LogP contribution is -2.31. The Morgan fingerprint density at radius 1 is 1.40 bits per heavy atom. The molecule has 0 aliphatic heterocycles. The SMILES string of the molecule is NNC(=O)CCOc1c(Br)cc(Br)c2ccc(Cl)nc12. The second-order valence-corrected chi connectivity index (χ2v) is 5.96. The highest BCUT2D eigenvalue weighted by molar-refractivity contribution is 9.11. The first-order valence-electron chi connectivity index (χ1n) is 5.59. The fourth-order valence-electron chi connectivity index (χ4n) is 1.62. The molecule has 2 aromatic rings. The molecule has 5 nitrogen and oxygen atoms in total. The molecule has 0 unspecified atom stereocenters. The zero-order chi connectivity index (χ0) is 14.7. The first-order chi connectivity index (χ1) is 9.52. The summed E-state index contributed by atoms with van der Waals surface area (Å²) < 4.78 is 7.22. The number of fused-ring (bicyclic) bond motifs is 1. The third kappa shape index (κ3) is 3.41. The number of ether oxygens (including phenoxy) is 1. The molecule has 1 aromatic heterocycles. The fourth-order valence-corrected chi connectivity index (χ4v) is 3.16. The van der Waals surface area contributed by atoms with Crippen LogP contribution in [0, 0.1) is 0 Å². The van der Waals surface area contributed by atoms with Gasteiger partial charge in [0.05, 0.1) is 17.5 Å². The lowest BCUT2D eigenvalue weighted by Gasteiger charge is -2.12. The van der Waals surface area contributed by atoms with E-state index in [-0.39, 0.29) is 18.9 Å². The van der Waals surface area contributed by atoms with E-state index in [1.54, 1.807) is 6.07 Å². The van der Waals surface area contributed by atoms with Gasteiger partial charge in [0.1, 0.15) is 10.7 Å². The normalized spacial score (nSPS) is 10.6. The molecule has 106 valence electrons. The van der Waals surface area contributed by atoms with Gasteiger partial charge < -0.3 is 4.74 Å². The standard InChI is InChI=1S/C12H10Br2ClN3O2/c13-7-5-8(14)12(20-4-3-10(19)18-16)11-6(7)1-2-9(15)17-11/h1-2,5H,3-4,16H2,(H,18,19). The number of rotatable bonds is 4. The van der Waals surface area contributed by atoms with Crippen LogP contribution in [0.5, 0.6) is 5.75 Å². The highest BCUT2D eigenvalue weighted by Crippen LogP contribution is 2.38. The third-order valence-electron chi connectivity index (χ3n) is 2.54. The number of nitrogens with two attached hydrogens (primary N) is 1. The maximum Gasteiger partial charge on any atom is 0.237 e. The molecule has 0 aliphatic rings. The molecule has 1 heterocycles. The molecular weight excluding hydrogens is 413 g/mol. The fraction of sp³-hybridized carbons (Fsp3) is 0.167. The number of hydrogen-bond acceptors (Lipinski definition) is 4. The van der Waals surface area contributed by atoms with Crippen LogP contribution in [0.15, 0.2) is 27.1 Å². The molecule has 0 atom stereocenters. The first kappa shape index (κ1) is 15.5. The van der Waals surface area contributed by atoms with Crippen molar-refractivity contribution >= 4 is 60.3 Å². The number of nitrogens with zero attached hydrogens (tertiary/aromatic N) is 1.